The summed E-state index contributed by atoms with van der Waals surface area (Å²) >= 11 is 8.64. The molecular weight excluding hydrogens is 376 g/mol. The molecule has 7 heteroatoms. The van der Waals surface area contributed by atoms with E-state index >= 15 is 0 Å². The van der Waals surface area contributed by atoms with Crippen LogP contribution in [0.3, 0.4) is 0 Å². The van der Waals surface area contributed by atoms with E-state index in [4.69, 9.17) is 16.7 Å². The number of nitrogens with one attached hydrogen (secondary N) is 2. The van der Waals surface area contributed by atoms with E-state index in [1.807, 2.05) is 54.6 Å². The Bertz CT molecular complexity index is 789. The summed E-state index contributed by atoms with van der Waals surface area (Å²) in [6.07, 6.45) is 0. The second kappa shape index (κ2) is 7.34. The van der Waals surface area contributed by atoms with Gasteiger partial charge in [-0.15, -0.1) is 0 Å². The Labute approximate surface area is 147 Å². The van der Waals surface area contributed by atoms with Gasteiger partial charge < -0.3 is 15.2 Å². The van der Waals surface area contributed by atoms with E-state index < -0.39 is 0 Å². The van der Waals surface area contributed by atoms with Crippen molar-refractivity contribution in [2.24, 2.45) is 0 Å². The molecule has 0 aliphatic carbocycles. The largest absolute Gasteiger partial charge is 0.353 e. The molecule has 23 heavy (non-hydrogen) atoms. The molecule has 2 N–H and O–H groups in total. The zero-order valence-corrected chi connectivity index (χ0v) is 14.4. The van der Waals surface area contributed by atoms with Crippen LogP contribution >= 0.6 is 28.1 Å². The average Bonchev–Trinajstić information content (AvgIpc) is 3.05. The Morgan fingerprint density at radius 1 is 1.09 bits per heavy atom. The van der Waals surface area contributed by atoms with Gasteiger partial charge in [-0.3, -0.25) is 0 Å². The fraction of sp³-hybridized carbons (Fsp3) is 0.0625. The topological polar surface area (TPSA) is 63.0 Å². The van der Waals surface area contributed by atoms with E-state index in [1.165, 1.54) is 0 Å². The number of nitrogens with zero attached hydrogens (tertiary/aromatic N) is 2. The number of hydrogen-bond donors (Lipinski definition) is 2. The highest BCUT2D eigenvalue weighted by molar-refractivity contribution is 9.10. The summed E-state index contributed by atoms with van der Waals surface area (Å²) < 4.78 is 6.23. The zero-order chi connectivity index (χ0) is 16.1. The van der Waals surface area contributed by atoms with Gasteiger partial charge in [0.05, 0.1) is 6.54 Å². The van der Waals surface area contributed by atoms with E-state index in [1.54, 1.807) is 0 Å². The maximum atomic E-state index is 5.24. The number of benzene rings is 2. The first kappa shape index (κ1) is 15.6. The molecule has 1 aromatic heterocycles. The summed E-state index contributed by atoms with van der Waals surface area (Å²) in [5.41, 5.74) is 1.82. The molecule has 2 aromatic carbocycles. The molecule has 116 valence electrons. The van der Waals surface area contributed by atoms with Crippen LogP contribution in [0.15, 0.2) is 63.6 Å². The summed E-state index contributed by atoms with van der Waals surface area (Å²) in [7, 11) is 0. The molecule has 3 rings (SSSR count). The van der Waals surface area contributed by atoms with Crippen molar-refractivity contribution in [1.82, 2.24) is 15.5 Å². The molecule has 0 spiro atoms. The Hall–Kier alpha value is -2.25. The fourth-order valence-electron chi connectivity index (χ4n) is 1.90. The SMILES string of the molecule is S=C(NCc1nc(-c2ccccc2)no1)Nc1ccc(Br)cc1. The Kier molecular flexibility index (Phi) is 4.99. The minimum absolute atomic E-state index is 0.363. The van der Waals surface area contributed by atoms with Crippen molar-refractivity contribution in [3.63, 3.8) is 0 Å². The fourth-order valence-corrected chi connectivity index (χ4v) is 2.35. The first-order valence-electron chi connectivity index (χ1n) is 6.89. The molecule has 0 fully saturated rings. The lowest BCUT2D eigenvalue weighted by molar-refractivity contribution is 0.376. The van der Waals surface area contributed by atoms with Gasteiger partial charge in [0.25, 0.3) is 0 Å². The van der Waals surface area contributed by atoms with Crippen molar-refractivity contribution in [2.75, 3.05) is 5.32 Å². The van der Waals surface area contributed by atoms with E-state index in [9.17, 15) is 0 Å². The van der Waals surface area contributed by atoms with Gasteiger partial charge in [-0.25, -0.2) is 0 Å². The van der Waals surface area contributed by atoms with Gasteiger partial charge in [0.1, 0.15) is 0 Å². The van der Waals surface area contributed by atoms with Crippen LogP contribution in [-0.2, 0) is 6.54 Å². The van der Waals surface area contributed by atoms with Gasteiger partial charge in [-0.1, -0.05) is 51.4 Å². The highest BCUT2D eigenvalue weighted by Crippen LogP contribution is 2.15. The average molecular weight is 389 g/mol. The van der Waals surface area contributed by atoms with Crippen LogP contribution in [0.5, 0.6) is 0 Å². The molecule has 0 radical (unpaired) electrons. The molecule has 0 aliphatic rings. The Morgan fingerprint density at radius 3 is 2.57 bits per heavy atom. The van der Waals surface area contributed by atoms with Crippen LogP contribution in [-0.4, -0.2) is 15.3 Å². The van der Waals surface area contributed by atoms with Gasteiger partial charge in [0.2, 0.25) is 11.7 Å². The summed E-state index contributed by atoms with van der Waals surface area (Å²) in [6, 6.07) is 17.4. The molecule has 0 saturated carbocycles. The molecule has 0 bridgehead atoms. The van der Waals surface area contributed by atoms with Crippen molar-refractivity contribution in [1.29, 1.82) is 0 Å². The maximum absolute atomic E-state index is 5.24. The number of aromatic nitrogens is 2. The van der Waals surface area contributed by atoms with Crippen LogP contribution < -0.4 is 10.6 Å². The monoisotopic (exact) mass is 388 g/mol. The van der Waals surface area contributed by atoms with Crippen molar-refractivity contribution in [3.05, 3.63) is 65.0 Å². The second-order valence-electron chi connectivity index (χ2n) is 4.69. The quantitative estimate of drug-likeness (QED) is 0.658. The number of thiocarbonyl (C=S) groups is 1. The Balaban J connectivity index is 1.55. The predicted octanol–water partition coefficient (Wildman–Crippen LogP) is 3.99. The molecule has 0 aliphatic heterocycles. The highest BCUT2D eigenvalue weighted by atomic mass is 79.9. The third kappa shape index (κ3) is 4.37. The molecule has 0 saturated heterocycles. The molecule has 0 unspecified atom stereocenters. The first-order valence-corrected chi connectivity index (χ1v) is 8.09. The highest BCUT2D eigenvalue weighted by Gasteiger charge is 2.08. The number of rotatable bonds is 4. The lowest BCUT2D eigenvalue weighted by Crippen LogP contribution is -2.27. The smallest absolute Gasteiger partial charge is 0.246 e. The minimum atomic E-state index is 0.363. The van der Waals surface area contributed by atoms with E-state index in [2.05, 4.69) is 36.7 Å². The maximum Gasteiger partial charge on any atom is 0.246 e. The number of anilines is 1. The van der Waals surface area contributed by atoms with E-state index in [0.29, 0.717) is 23.4 Å². The lowest BCUT2D eigenvalue weighted by atomic mass is 10.2. The minimum Gasteiger partial charge on any atom is -0.353 e. The van der Waals surface area contributed by atoms with Gasteiger partial charge >= 0.3 is 0 Å². The van der Waals surface area contributed by atoms with Gasteiger partial charge in [-0.2, -0.15) is 4.98 Å². The standard InChI is InChI=1S/C16H13BrN4OS/c17-12-6-8-13(9-7-12)19-16(23)18-10-14-20-15(21-22-14)11-4-2-1-3-5-11/h1-9H,10H2,(H2,18,19,23). The summed E-state index contributed by atoms with van der Waals surface area (Å²) in [5.74, 6) is 1.04. The van der Waals surface area contributed by atoms with Crippen molar-refractivity contribution < 1.29 is 4.52 Å². The van der Waals surface area contributed by atoms with Crippen LogP contribution in [0.25, 0.3) is 11.4 Å². The van der Waals surface area contributed by atoms with Gasteiger partial charge in [0, 0.05) is 15.7 Å². The third-order valence-electron chi connectivity index (χ3n) is 3.00. The van der Waals surface area contributed by atoms with Crippen molar-refractivity contribution in [3.8, 4) is 11.4 Å². The predicted molar refractivity (Wildman–Crippen MR) is 96.9 cm³/mol. The molecule has 1 heterocycles. The number of halogens is 1. The van der Waals surface area contributed by atoms with Crippen LogP contribution in [0, 0.1) is 0 Å². The van der Waals surface area contributed by atoms with Crippen molar-refractivity contribution in [2.45, 2.75) is 6.54 Å². The van der Waals surface area contributed by atoms with Crippen LogP contribution in [0.2, 0.25) is 0 Å². The molecule has 0 atom stereocenters. The third-order valence-corrected chi connectivity index (χ3v) is 3.78. The van der Waals surface area contributed by atoms with E-state index in [-0.39, 0.29) is 0 Å². The van der Waals surface area contributed by atoms with Crippen molar-refractivity contribution >= 4 is 38.9 Å². The van der Waals surface area contributed by atoms with Crippen LogP contribution in [0.1, 0.15) is 5.89 Å². The van der Waals surface area contributed by atoms with Gasteiger partial charge in [0.15, 0.2) is 5.11 Å². The molecular formula is C16H13BrN4OS. The summed E-state index contributed by atoms with van der Waals surface area (Å²) in [4.78, 5) is 4.34. The first-order chi connectivity index (χ1) is 11.2. The second-order valence-corrected chi connectivity index (χ2v) is 6.02. The zero-order valence-electron chi connectivity index (χ0n) is 12.0. The number of hydrogen-bond acceptors (Lipinski definition) is 4. The summed E-state index contributed by atoms with van der Waals surface area (Å²) in [5, 5.41) is 10.6. The summed E-state index contributed by atoms with van der Waals surface area (Å²) in [6.45, 7) is 0.363. The lowest BCUT2D eigenvalue weighted by Gasteiger charge is -2.08. The van der Waals surface area contributed by atoms with Crippen LogP contribution in [0.4, 0.5) is 5.69 Å². The Morgan fingerprint density at radius 2 is 1.83 bits per heavy atom. The molecule has 5 nitrogen and oxygen atoms in total. The normalized spacial score (nSPS) is 10.3. The molecule has 0 amide bonds. The van der Waals surface area contributed by atoms with E-state index in [0.717, 1.165) is 15.7 Å². The molecule has 3 aromatic rings. The van der Waals surface area contributed by atoms with Gasteiger partial charge in [-0.05, 0) is 36.5 Å².